The van der Waals surface area contributed by atoms with E-state index in [2.05, 4.69) is 20.5 Å². The van der Waals surface area contributed by atoms with Crippen LogP contribution in [0.4, 0.5) is 19.0 Å². The monoisotopic (exact) mass is 300 g/mol. The third kappa shape index (κ3) is 3.67. The van der Waals surface area contributed by atoms with Gasteiger partial charge in [0.1, 0.15) is 0 Å². The minimum atomic E-state index is -4.48. The first-order chi connectivity index (χ1) is 9.47. The zero-order valence-corrected chi connectivity index (χ0v) is 10.7. The Hall–Kier alpha value is -2.15. The van der Waals surface area contributed by atoms with Crippen LogP contribution in [0.3, 0.4) is 0 Å². The highest BCUT2D eigenvalue weighted by molar-refractivity contribution is 6.32. The van der Waals surface area contributed by atoms with Gasteiger partial charge in [0, 0.05) is 12.4 Å². The fourth-order valence-electron chi connectivity index (χ4n) is 1.29. The van der Waals surface area contributed by atoms with E-state index in [0.29, 0.717) is 11.9 Å². The summed E-state index contributed by atoms with van der Waals surface area (Å²) in [5.74, 6) is 0.0341. The Kier molecular flexibility index (Phi) is 4.19. The van der Waals surface area contributed by atoms with Crippen molar-refractivity contribution in [3.8, 4) is 0 Å². The summed E-state index contributed by atoms with van der Waals surface area (Å²) in [7, 11) is 0. The zero-order chi connectivity index (χ0) is 14.6. The molecule has 0 aliphatic rings. The predicted octanol–water partition coefficient (Wildman–Crippen LogP) is 3.59. The molecule has 20 heavy (non-hydrogen) atoms. The summed E-state index contributed by atoms with van der Waals surface area (Å²) in [5, 5.41) is 3.63. The summed E-state index contributed by atoms with van der Waals surface area (Å²) in [6.45, 7) is 0. The Labute approximate surface area is 117 Å². The van der Waals surface area contributed by atoms with E-state index in [9.17, 15) is 13.2 Å². The summed E-state index contributed by atoms with van der Waals surface area (Å²) >= 11 is 5.70. The molecular weight excluding hydrogens is 293 g/mol. The van der Waals surface area contributed by atoms with Gasteiger partial charge in [0.05, 0.1) is 22.5 Å². The van der Waals surface area contributed by atoms with Crippen molar-refractivity contribution >= 4 is 23.6 Å². The van der Waals surface area contributed by atoms with Crippen molar-refractivity contribution in [2.24, 2.45) is 5.10 Å². The number of alkyl halides is 3. The average Bonchev–Trinajstić information content (AvgIpc) is 2.40. The number of hydrazone groups is 1. The molecule has 104 valence electrons. The van der Waals surface area contributed by atoms with Gasteiger partial charge >= 0.3 is 6.18 Å². The van der Waals surface area contributed by atoms with Crippen LogP contribution in [0.5, 0.6) is 0 Å². The number of hydrogen-bond acceptors (Lipinski definition) is 4. The molecule has 0 unspecified atom stereocenters. The third-order valence-electron chi connectivity index (χ3n) is 2.22. The second kappa shape index (κ2) is 5.87. The van der Waals surface area contributed by atoms with Crippen LogP contribution in [0.2, 0.25) is 5.02 Å². The molecule has 2 aromatic heterocycles. The maximum atomic E-state index is 12.4. The smallest absolute Gasteiger partial charge is 0.260 e. The van der Waals surface area contributed by atoms with Gasteiger partial charge in [-0.3, -0.25) is 10.4 Å². The van der Waals surface area contributed by atoms with Gasteiger partial charge in [-0.15, -0.1) is 0 Å². The Balaban J connectivity index is 2.09. The molecule has 0 radical (unpaired) electrons. The lowest BCUT2D eigenvalue weighted by Crippen LogP contribution is -2.06. The third-order valence-corrected chi connectivity index (χ3v) is 2.51. The minimum absolute atomic E-state index is 0.0341. The topological polar surface area (TPSA) is 50.2 Å². The Morgan fingerprint density at radius 1 is 1.25 bits per heavy atom. The molecule has 2 rings (SSSR count). The molecule has 0 aliphatic carbocycles. The number of nitrogens with zero attached hydrogens (tertiary/aromatic N) is 3. The van der Waals surface area contributed by atoms with Crippen molar-refractivity contribution in [1.82, 2.24) is 9.97 Å². The van der Waals surface area contributed by atoms with Crippen molar-refractivity contribution in [2.45, 2.75) is 6.18 Å². The van der Waals surface area contributed by atoms with Gasteiger partial charge in [0.25, 0.3) is 0 Å². The van der Waals surface area contributed by atoms with E-state index in [1.165, 1.54) is 6.21 Å². The van der Waals surface area contributed by atoms with Crippen LogP contribution in [0.1, 0.15) is 11.3 Å². The van der Waals surface area contributed by atoms with Crippen molar-refractivity contribution in [3.63, 3.8) is 0 Å². The van der Waals surface area contributed by atoms with E-state index in [4.69, 9.17) is 11.6 Å². The van der Waals surface area contributed by atoms with Gasteiger partial charge in [-0.05, 0) is 18.2 Å². The van der Waals surface area contributed by atoms with E-state index >= 15 is 0 Å². The number of anilines is 1. The first-order valence-electron chi connectivity index (χ1n) is 5.39. The van der Waals surface area contributed by atoms with Gasteiger partial charge in [-0.25, -0.2) is 4.98 Å². The number of halogens is 4. The molecule has 0 bridgehead atoms. The maximum Gasteiger partial charge on any atom is 0.417 e. The summed E-state index contributed by atoms with van der Waals surface area (Å²) in [6.07, 6.45) is -0.808. The molecule has 1 N–H and O–H groups in total. The second-order valence-corrected chi connectivity index (χ2v) is 4.08. The summed E-state index contributed by atoms with van der Waals surface area (Å²) in [6, 6.07) is 6.02. The largest absolute Gasteiger partial charge is 0.417 e. The Morgan fingerprint density at radius 3 is 2.65 bits per heavy atom. The molecule has 0 fully saturated rings. The molecule has 0 amide bonds. The zero-order valence-electron chi connectivity index (χ0n) is 9.89. The van der Waals surface area contributed by atoms with Crippen LogP contribution >= 0.6 is 11.6 Å². The number of pyridine rings is 2. The first kappa shape index (κ1) is 14.3. The normalized spacial score (nSPS) is 11.8. The van der Waals surface area contributed by atoms with Crippen LogP contribution < -0.4 is 5.43 Å². The molecule has 8 heteroatoms. The van der Waals surface area contributed by atoms with Gasteiger partial charge in [0.2, 0.25) is 0 Å². The molecule has 0 atom stereocenters. The van der Waals surface area contributed by atoms with E-state index < -0.39 is 11.7 Å². The first-order valence-corrected chi connectivity index (χ1v) is 5.77. The molecule has 2 heterocycles. The van der Waals surface area contributed by atoms with E-state index in [1.807, 2.05) is 0 Å². The Morgan fingerprint density at radius 2 is 2.05 bits per heavy atom. The lowest BCUT2D eigenvalue weighted by Gasteiger charge is -2.08. The quantitative estimate of drug-likeness (QED) is 0.696. The number of nitrogens with one attached hydrogen (secondary N) is 1. The highest BCUT2D eigenvalue weighted by Crippen LogP contribution is 2.32. The highest BCUT2D eigenvalue weighted by Gasteiger charge is 2.31. The fraction of sp³-hybridized carbons (Fsp3) is 0.0833. The second-order valence-electron chi connectivity index (χ2n) is 3.68. The summed E-state index contributed by atoms with van der Waals surface area (Å²) in [4.78, 5) is 7.57. The van der Waals surface area contributed by atoms with Gasteiger partial charge in [-0.1, -0.05) is 17.7 Å². The minimum Gasteiger partial charge on any atom is -0.260 e. The molecule has 0 saturated carbocycles. The van der Waals surface area contributed by atoms with E-state index in [-0.39, 0.29) is 10.8 Å². The van der Waals surface area contributed by atoms with Gasteiger partial charge in [0.15, 0.2) is 5.82 Å². The van der Waals surface area contributed by atoms with Crippen molar-refractivity contribution < 1.29 is 13.2 Å². The number of aromatic nitrogens is 2. The number of rotatable bonds is 3. The highest BCUT2D eigenvalue weighted by atomic mass is 35.5. The number of hydrogen-bond donors (Lipinski definition) is 1. The standard InChI is InChI=1S/C12H8ClF3N4/c13-10-5-8(12(14,15)16)6-18-11(10)20-19-7-9-3-1-2-4-17-9/h1-7H,(H,18,20)/b19-7-. The van der Waals surface area contributed by atoms with Crippen LogP contribution in [-0.4, -0.2) is 16.2 Å². The average molecular weight is 301 g/mol. The molecule has 0 spiro atoms. The van der Waals surface area contributed by atoms with E-state index in [1.54, 1.807) is 24.4 Å². The maximum absolute atomic E-state index is 12.4. The van der Waals surface area contributed by atoms with Crippen LogP contribution in [0, 0.1) is 0 Å². The predicted molar refractivity (Wildman–Crippen MR) is 69.7 cm³/mol. The lowest BCUT2D eigenvalue weighted by atomic mass is 10.3. The fourth-order valence-corrected chi connectivity index (χ4v) is 1.50. The van der Waals surface area contributed by atoms with Crippen molar-refractivity contribution in [3.05, 3.63) is 52.9 Å². The summed E-state index contributed by atoms with van der Waals surface area (Å²) < 4.78 is 37.2. The molecule has 0 aliphatic heterocycles. The molecule has 2 aromatic rings. The molecule has 4 nitrogen and oxygen atoms in total. The SMILES string of the molecule is FC(F)(F)c1cnc(N/N=C\c2ccccn2)c(Cl)c1. The molecule has 0 saturated heterocycles. The van der Waals surface area contributed by atoms with Gasteiger partial charge < -0.3 is 0 Å². The van der Waals surface area contributed by atoms with Crippen molar-refractivity contribution in [1.29, 1.82) is 0 Å². The van der Waals surface area contributed by atoms with Crippen LogP contribution in [0.15, 0.2) is 41.8 Å². The molecular formula is C12H8ClF3N4. The van der Waals surface area contributed by atoms with Crippen LogP contribution in [0.25, 0.3) is 0 Å². The van der Waals surface area contributed by atoms with Gasteiger partial charge in [-0.2, -0.15) is 18.3 Å². The van der Waals surface area contributed by atoms with E-state index in [0.717, 1.165) is 6.07 Å². The summed E-state index contributed by atoms with van der Waals surface area (Å²) in [5.41, 5.74) is 2.13. The van der Waals surface area contributed by atoms with Crippen molar-refractivity contribution in [2.75, 3.05) is 5.43 Å². The molecule has 0 aromatic carbocycles. The Bertz CT molecular complexity index is 614. The van der Waals surface area contributed by atoms with Crippen LogP contribution in [-0.2, 0) is 6.18 Å². The lowest BCUT2D eigenvalue weighted by molar-refractivity contribution is -0.137.